The zero-order chi connectivity index (χ0) is 6.69. The van der Waals surface area contributed by atoms with Crippen molar-refractivity contribution >= 4 is 0 Å². The molecular weight excluding hydrogens is 116 g/mol. The number of nitrogens with zero attached hydrogens (tertiary/aromatic N) is 1. The summed E-state index contributed by atoms with van der Waals surface area (Å²) in [4.78, 5) is 2.12. The van der Waals surface area contributed by atoms with Crippen molar-refractivity contribution in [3.8, 4) is 0 Å². The van der Waals surface area contributed by atoms with Gasteiger partial charge in [-0.25, -0.2) is 0 Å². The molecular formula is C6H14N2O. The molecule has 1 unspecified atom stereocenters. The van der Waals surface area contributed by atoms with E-state index in [1.807, 2.05) is 7.05 Å². The minimum atomic E-state index is 0.201. The van der Waals surface area contributed by atoms with E-state index in [1.165, 1.54) is 0 Å². The van der Waals surface area contributed by atoms with Crippen LogP contribution in [0.1, 0.15) is 6.42 Å². The third-order valence-electron chi connectivity index (χ3n) is 1.71. The second-order valence-electron chi connectivity index (χ2n) is 2.45. The van der Waals surface area contributed by atoms with Crippen molar-refractivity contribution in [1.29, 1.82) is 0 Å². The van der Waals surface area contributed by atoms with Gasteiger partial charge in [0.2, 0.25) is 0 Å². The minimum Gasteiger partial charge on any atom is -0.380 e. The van der Waals surface area contributed by atoms with Gasteiger partial charge in [-0.15, -0.1) is 0 Å². The molecule has 2 N–H and O–H groups in total. The molecule has 9 heavy (non-hydrogen) atoms. The maximum atomic E-state index is 5.72. The average molecular weight is 130 g/mol. The molecule has 0 aliphatic carbocycles. The van der Waals surface area contributed by atoms with Gasteiger partial charge in [0.15, 0.2) is 0 Å². The van der Waals surface area contributed by atoms with Crippen LogP contribution in [0.15, 0.2) is 0 Å². The quantitative estimate of drug-likeness (QED) is 0.486. The van der Waals surface area contributed by atoms with E-state index >= 15 is 0 Å². The predicted molar refractivity (Wildman–Crippen MR) is 36.0 cm³/mol. The predicted octanol–water partition coefficient (Wildman–Crippen LogP) is -0.377. The van der Waals surface area contributed by atoms with E-state index in [-0.39, 0.29) is 6.17 Å². The second-order valence-corrected chi connectivity index (χ2v) is 2.45. The molecule has 3 nitrogen and oxygen atoms in total. The fourth-order valence-electron chi connectivity index (χ4n) is 0.901. The first-order valence-corrected chi connectivity index (χ1v) is 3.34. The lowest BCUT2D eigenvalue weighted by atomic mass is 10.3. The van der Waals surface area contributed by atoms with E-state index in [9.17, 15) is 0 Å². The van der Waals surface area contributed by atoms with E-state index in [4.69, 9.17) is 10.5 Å². The van der Waals surface area contributed by atoms with E-state index in [0.717, 1.165) is 26.2 Å². The first-order valence-electron chi connectivity index (χ1n) is 3.34. The van der Waals surface area contributed by atoms with Gasteiger partial charge in [0.1, 0.15) is 0 Å². The minimum absolute atomic E-state index is 0.201. The normalized spacial score (nSPS) is 32.0. The summed E-state index contributed by atoms with van der Waals surface area (Å²) >= 11 is 0. The number of rotatable bonds is 0. The topological polar surface area (TPSA) is 38.5 Å². The molecule has 0 amide bonds. The lowest BCUT2D eigenvalue weighted by molar-refractivity contribution is 0.144. The lowest BCUT2D eigenvalue weighted by Crippen LogP contribution is -2.39. The highest BCUT2D eigenvalue weighted by molar-refractivity contribution is 4.63. The van der Waals surface area contributed by atoms with E-state index in [1.54, 1.807) is 0 Å². The Bertz CT molecular complexity index is 77.1. The molecule has 1 fully saturated rings. The van der Waals surface area contributed by atoms with Crippen LogP contribution in [0.3, 0.4) is 0 Å². The molecule has 0 spiro atoms. The van der Waals surface area contributed by atoms with E-state index in [0.29, 0.717) is 0 Å². The summed E-state index contributed by atoms with van der Waals surface area (Å²) in [5.41, 5.74) is 5.72. The molecule has 0 bridgehead atoms. The fourth-order valence-corrected chi connectivity index (χ4v) is 0.901. The average Bonchev–Trinajstić information content (AvgIpc) is 1.99. The first kappa shape index (κ1) is 6.99. The molecule has 0 aromatic heterocycles. The zero-order valence-corrected chi connectivity index (χ0v) is 5.84. The van der Waals surface area contributed by atoms with Gasteiger partial charge in [-0.3, -0.25) is 4.90 Å². The number of nitrogens with two attached hydrogens (primary N) is 1. The monoisotopic (exact) mass is 130 g/mol. The highest BCUT2D eigenvalue weighted by Crippen LogP contribution is 1.99. The summed E-state index contributed by atoms with van der Waals surface area (Å²) in [5, 5.41) is 0. The van der Waals surface area contributed by atoms with Crippen LogP contribution < -0.4 is 5.73 Å². The summed E-state index contributed by atoms with van der Waals surface area (Å²) in [5.74, 6) is 0. The van der Waals surface area contributed by atoms with Crippen LogP contribution >= 0.6 is 0 Å². The van der Waals surface area contributed by atoms with E-state index < -0.39 is 0 Å². The van der Waals surface area contributed by atoms with Crippen LogP contribution in [0, 0.1) is 0 Å². The van der Waals surface area contributed by atoms with Crippen LogP contribution in [0.2, 0.25) is 0 Å². The Morgan fingerprint density at radius 1 is 1.56 bits per heavy atom. The zero-order valence-electron chi connectivity index (χ0n) is 5.84. The van der Waals surface area contributed by atoms with Crippen molar-refractivity contribution in [1.82, 2.24) is 4.90 Å². The number of hydrogen-bond donors (Lipinski definition) is 1. The SMILES string of the molecule is CN1CCOCCC1N. The summed E-state index contributed by atoms with van der Waals surface area (Å²) in [7, 11) is 2.03. The largest absolute Gasteiger partial charge is 0.380 e. The molecule has 0 saturated carbocycles. The Morgan fingerprint density at radius 3 is 3.11 bits per heavy atom. The molecule has 3 heteroatoms. The molecule has 0 aromatic carbocycles. The van der Waals surface area contributed by atoms with Crippen LogP contribution in [-0.4, -0.2) is 37.9 Å². The van der Waals surface area contributed by atoms with Crippen LogP contribution in [0.5, 0.6) is 0 Å². The second kappa shape index (κ2) is 3.15. The van der Waals surface area contributed by atoms with Gasteiger partial charge in [0.25, 0.3) is 0 Å². The smallest absolute Gasteiger partial charge is 0.0593 e. The van der Waals surface area contributed by atoms with Crippen LogP contribution in [-0.2, 0) is 4.74 Å². The highest BCUT2D eigenvalue weighted by atomic mass is 16.5. The number of ether oxygens (including phenoxy) is 1. The van der Waals surface area contributed by atoms with Crippen LogP contribution in [0.4, 0.5) is 0 Å². The van der Waals surface area contributed by atoms with Crippen LogP contribution in [0.25, 0.3) is 0 Å². The first-order chi connectivity index (χ1) is 4.30. The maximum absolute atomic E-state index is 5.72. The molecule has 54 valence electrons. The van der Waals surface area contributed by atoms with Gasteiger partial charge in [-0.1, -0.05) is 0 Å². The molecule has 1 aliphatic rings. The Morgan fingerprint density at radius 2 is 2.33 bits per heavy atom. The maximum Gasteiger partial charge on any atom is 0.0593 e. The fraction of sp³-hybridized carbons (Fsp3) is 1.00. The molecule has 1 saturated heterocycles. The van der Waals surface area contributed by atoms with Crippen molar-refractivity contribution in [3.63, 3.8) is 0 Å². The Hall–Kier alpha value is -0.120. The molecule has 1 atom stereocenters. The summed E-state index contributed by atoms with van der Waals surface area (Å²) in [6, 6.07) is 0. The molecule has 1 rings (SSSR count). The van der Waals surface area contributed by atoms with Gasteiger partial charge in [-0.2, -0.15) is 0 Å². The molecule has 0 aromatic rings. The van der Waals surface area contributed by atoms with E-state index in [2.05, 4.69) is 4.90 Å². The standard InChI is InChI=1S/C6H14N2O/c1-8-3-5-9-4-2-6(8)7/h6H,2-5,7H2,1H3. The lowest BCUT2D eigenvalue weighted by Gasteiger charge is -2.19. The molecule has 0 radical (unpaired) electrons. The van der Waals surface area contributed by atoms with Gasteiger partial charge < -0.3 is 10.5 Å². The summed E-state index contributed by atoms with van der Waals surface area (Å²) < 4.78 is 5.21. The third kappa shape index (κ3) is 1.93. The Balaban J connectivity index is 2.32. The summed E-state index contributed by atoms with van der Waals surface area (Å²) in [6.45, 7) is 2.59. The van der Waals surface area contributed by atoms with Crippen molar-refractivity contribution in [3.05, 3.63) is 0 Å². The van der Waals surface area contributed by atoms with Gasteiger partial charge in [-0.05, 0) is 13.5 Å². The highest BCUT2D eigenvalue weighted by Gasteiger charge is 2.11. The molecule has 1 heterocycles. The Kier molecular flexibility index (Phi) is 2.45. The van der Waals surface area contributed by atoms with Crippen molar-refractivity contribution in [2.45, 2.75) is 12.6 Å². The third-order valence-corrected chi connectivity index (χ3v) is 1.71. The van der Waals surface area contributed by atoms with Crippen molar-refractivity contribution < 1.29 is 4.74 Å². The Labute approximate surface area is 55.8 Å². The number of hydrogen-bond acceptors (Lipinski definition) is 3. The summed E-state index contributed by atoms with van der Waals surface area (Å²) in [6.07, 6.45) is 1.16. The van der Waals surface area contributed by atoms with Gasteiger partial charge >= 0.3 is 0 Å². The molecule has 1 aliphatic heterocycles. The van der Waals surface area contributed by atoms with Gasteiger partial charge in [0, 0.05) is 13.2 Å². The van der Waals surface area contributed by atoms with Crippen molar-refractivity contribution in [2.24, 2.45) is 5.73 Å². The van der Waals surface area contributed by atoms with Gasteiger partial charge in [0.05, 0.1) is 12.8 Å². The number of likely N-dealkylation sites (N-methyl/N-ethyl adjacent to an activating group) is 1. The van der Waals surface area contributed by atoms with Crippen molar-refractivity contribution in [2.75, 3.05) is 26.8 Å².